The van der Waals surface area contributed by atoms with Crippen LogP contribution in [0.15, 0.2) is 29.3 Å². The molecular formula is C12H15N3OS. The van der Waals surface area contributed by atoms with Crippen molar-refractivity contribution < 1.29 is 4.79 Å². The van der Waals surface area contributed by atoms with Gasteiger partial charge >= 0.3 is 0 Å². The molecule has 1 aliphatic heterocycles. The van der Waals surface area contributed by atoms with E-state index in [2.05, 4.69) is 4.99 Å². The molecule has 1 heterocycles. The van der Waals surface area contributed by atoms with Crippen LogP contribution in [0.25, 0.3) is 0 Å². The first kappa shape index (κ1) is 12.0. The molecule has 0 spiro atoms. The number of nitrogens with two attached hydrogens (primary N) is 1. The Morgan fingerprint density at radius 2 is 2.29 bits per heavy atom. The molecule has 0 saturated heterocycles. The van der Waals surface area contributed by atoms with Crippen LogP contribution < -0.4 is 10.6 Å². The summed E-state index contributed by atoms with van der Waals surface area (Å²) in [7, 11) is 0. The number of primary amides is 1. The highest BCUT2D eigenvalue weighted by Gasteiger charge is 2.26. The summed E-state index contributed by atoms with van der Waals surface area (Å²) in [5.74, 6) is 0.532. The molecular weight excluding hydrogens is 234 g/mol. The summed E-state index contributed by atoms with van der Waals surface area (Å²) in [6.07, 6.45) is 3.19. The Balaban J connectivity index is 2.33. The minimum Gasteiger partial charge on any atom is -0.366 e. The molecule has 1 unspecified atom stereocenters. The van der Waals surface area contributed by atoms with Crippen molar-refractivity contribution in [3.8, 4) is 0 Å². The van der Waals surface area contributed by atoms with Crippen LogP contribution in [-0.4, -0.2) is 36.8 Å². The molecule has 1 amide bonds. The molecule has 0 saturated carbocycles. The van der Waals surface area contributed by atoms with Crippen LogP contribution in [0.3, 0.4) is 0 Å². The first-order valence-electron chi connectivity index (χ1n) is 5.41. The summed E-state index contributed by atoms with van der Waals surface area (Å²) >= 11 is 1.74. The summed E-state index contributed by atoms with van der Waals surface area (Å²) in [4.78, 5) is 17.6. The number of nitrogens with zero attached hydrogens (tertiary/aromatic N) is 2. The standard InChI is InChI=1S/C12H15N3OS/c1-17-7-6-15-10-5-3-2-4-9(10)8-14-12(15)11(13)16/h2-5,8,12H,6-7H2,1H3,(H2,13,16). The molecule has 17 heavy (non-hydrogen) atoms. The number of aliphatic imine (C=N–C) groups is 1. The zero-order valence-corrected chi connectivity index (χ0v) is 10.5. The molecule has 2 N–H and O–H groups in total. The van der Waals surface area contributed by atoms with Crippen molar-refractivity contribution in [2.45, 2.75) is 6.17 Å². The first-order valence-corrected chi connectivity index (χ1v) is 6.80. The van der Waals surface area contributed by atoms with E-state index >= 15 is 0 Å². The van der Waals surface area contributed by atoms with Crippen molar-refractivity contribution in [1.82, 2.24) is 0 Å². The van der Waals surface area contributed by atoms with E-state index in [-0.39, 0.29) is 0 Å². The zero-order valence-electron chi connectivity index (χ0n) is 9.67. The Hall–Kier alpha value is -1.49. The van der Waals surface area contributed by atoms with E-state index in [0.29, 0.717) is 0 Å². The zero-order chi connectivity index (χ0) is 12.3. The summed E-state index contributed by atoms with van der Waals surface area (Å²) in [5, 5.41) is 0. The summed E-state index contributed by atoms with van der Waals surface area (Å²) < 4.78 is 0. The highest BCUT2D eigenvalue weighted by atomic mass is 32.2. The summed E-state index contributed by atoms with van der Waals surface area (Å²) in [6, 6.07) is 7.91. The van der Waals surface area contributed by atoms with Gasteiger partial charge in [0.15, 0.2) is 0 Å². The number of thioether (sulfide) groups is 1. The van der Waals surface area contributed by atoms with Gasteiger partial charge in [0, 0.05) is 29.8 Å². The number of para-hydroxylation sites is 1. The monoisotopic (exact) mass is 249 g/mol. The largest absolute Gasteiger partial charge is 0.366 e. The van der Waals surface area contributed by atoms with Crippen molar-refractivity contribution in [1.29, 1.82) is 0 Å². The van der Waals surface area contributed by atoms with Crippen molar-refractivity contribution in [2.75, 3.05) is 23.5 Å². The number of amides is 1. The fourth-order valence-corrected chi connectivity index (χ4v) is 2.26. The minimum atomic E-state index is -0.572. The Morgan fingerprint density at radius 1 is 1.53 bits per heavy atom. The molecule has 1 atom stereocenters. The van der Waals surface area contributed by atoms with E-state index in [4.69, 9.17) is 5.73 Å². The quantitative estimate of drug-likeness (QED) is 0.869. The molecule has 0 aliphatic carbocycles. The fourth-order valence-electron chi connectivity index (χ4n) is 1.88. The maximum absolute atomic E-state index is 11.4. The third kappa shape index (κ3) is 2.44. The maximum atomic E-state index is 11.4. The third-order valence-electron chi connectivity index (χ3n) is 2.69. The van der Waals surface area contributed by atoms with Crippen LogP contribution in [0.2, 0.25) is 0 Å². The minimum absolute atomic E-state index is 0.406. The van der Waals surface area contributed by atoms with E-state index in [9.17, 15) is 4.79 Å². The smallest absolute Gasteiger partial charge is 0.262 e. The second-order valence-corrected chi connectivity index (χ2v) is 4.78. The lowest BCUT2D eigenvalue weighted by Gasteiger charge is -2.32. The normalized spacial score (nSPS) is 17.9. The first-order chi connectivity index (χ1) is 8.24. The van der Waals surface area contributed by atoms with Crippen molar-refractivity contribution in [3.05, 3.63) is 29.8 Å². The molecule has 0 radical (unpaired) electrons. The average molecular weight is 249 g/mol. The number of fused-ring (bicyclic) bond motifs is 1. The van der Waals surface area contributed by atoms with Crippen LogP contribution in [0, 0.1) is 0 Å². The van der Waals surface area contributed by atoms with Gasteiger partial charge in [0.1, 0.15) is 0 Å². The average Bonchev–Trinajstić information content (AvgIpc) is 2.35. The van der Waals surface area contributed by atoms with Gasteiger partial charge in [0.25, 0.3) is 5.91 Å². The Bertz CT molecular complexity index is 447. The predicted molar refractivity (Wildman–Crippen MR) is 72.7 cm³/mol. The number of benzene rings is 1. The van der Waals surface area contributed by atoms with Gasteiger partial charge in [-0.1, -0.05) is 18.2 Å². The molecule has 0 bridgehead atoms. The van der Waals surface area contributed by atoms with Gasteiger partial charge in [-0.25, -0.2) is 0 Å². The van der Waals surface area contributed by atoms with E-state index in [0.717, 1.165) is 23.5 Å². The summed E-state index contributed by atoms with van der Waals surface area (Å²) in [5.41, 5.74) is 7.45. The van der Waals surface area contributed by atoms with Gasteiger partial charge in [0.05, 0.1) is 0 Å². The van der Waals surface area contributed by atoms with E-state index in [1.54, 1.807) is 18.0 Å². The molecule has 1 aliphatic rings. The molecule has 1 aromatic carbocycles. The van der Waals surface area contributed by atoms with Crippen LogP contribution in [-0.2, 0) is 4.79 Å². The van der Waals surface area contributed by atoms with Gasteiger partial charge in [-0.15, -0.1) is 0 Å². The third-order valence-corrected chi connectivity index (χ3v) is 3.28. The van der Waals surface area contributed by atoms with Crippen molar-refractivity contribution in [3.63, 3.8) is 0 Å². The van der Waals surface area contributed by atoms with Gasteiger partial charge in [-0.3, -0.25) is 9.79 Å². The highest BCUT2D eigenvalue weighted by Crippen LogP contribution is 2.25. The topological polar surface area (TPSA) is 58.7 Å². The Labute approximate surface area is 105 Å². The van der Waals surface area contributed by atoms with Crippen molar-refractivity contribution in [2.24, 2.45) is 10.7 Å². The number of hydrogen-bond acceptors (Lipinski definition) is 4. The van der Waals surface area contributed by atoms with Gasteiger partial charge in [0.2, 0.25) is 6.17 Å². The molecule has 2 rings (SSSR count). The molecule has 0 fully saturated rings. The van der Waals surface area contributed by atoms with E-state index < -0.39 is 12.1 Å². The van der Waals surface area contributed by atoms with Gasteiger partial charge in [-0.05, 0) is 12.3 Å². The SMILES string of the molecule is CSCCN1c2ccccc2C=NC1C(N)=O. The predicted octanol–water partition coefficient (Wildman–Crippen LogP) is 1.10. The molecule has 0 aromatic heterocycles. The Kier molecular flexibility index (Phi) is 3.68. The molecule has 1 aromatic rings. The second kappa shape index (κ2) is 5.23. The fraction of sp³-hybridized carbons (Fsp3) is 0.333. The highest BCUT2D eigenvalue weighted by molar-refractivity contribution is 7.98. The molecule has 5 heteroatoms. The van der Waals surface area contributed by atoms with E-state index in [1.165, 1.54) is 0 Å². The van der Waals surface area contributed by atoms with Crippen molar-refractivity contribution >= 4 is 29.6 Å². The van der Waals surface area contributed by atoms with Crippen LogP contribution >= 0.6 is 11.8 Å². The number of rotatable bonds is 4. The Morgan fingerprint density at radius 3 is 3.00 bits per heavy atom. The maximum Gasteiger partial charge on any atom is 0.262 e. The molecule has 90 valence electrons. The van der Waals surface area contributed by atoms with Crippen LogP contribution in [0.1, 0.15) is 5.56 Å². The van der Waals surface area contributed by atoms with Crippen LogP contribution in [0.4, 0.5) is 5.69 Å². The number of anilines is 1. The van der Waals surface area contributed by atoms with Gasteiger partial charge in [-0.2, -0.15) is 11.8 Å². The lowest BCUT2D eigenvalue weighted by atomic mass is 10.1. The number of carbonyl (C=O) groups excluding carboxylic acids is 1. The molecule has 4 nitrogen and oxygen atoms in total. The van der Waals surface area contributed by atoms with E-state index in [1.807, 2.05) is 35.4 Å². The van der Waals surface area contributed by atoms with Crippen LogP contribution in [0.5, 0.6) is 0 Å². The number of hydrogen-bond donors (Lipinski definition) is 1. The summed E-state index contributed by atoms with van der Waals surface area (Å²) in [6.45, 7) is 0.767. The number of carbonyl (C=O) groups is 1. The van der Waals surface area contributed by atoms with Gasteiger partial charge < -0.3 is 10.6 Å². The lowest BCUT2D eigenvalue weighted by Crippen LogP contribution is -2.46. The lowest BCUT2D eigenvalue weighted by molar-refractivity contribution is -0.119. The second-order valence-electron chi connectivity index (χ2n) is 3.80.